The SMILES string of the molecule is O=C(C=Cc1ccccc1)OCc1occ(O)c(=O)c1COC(=O)C=Cc1ccccc1. The van der Waals surface area contributed by atoms with Gasteiger partial charge in [0.1, 0.15) is 19.5 Å². The maximum Gasteiger partial charge on any atom is 0.331 e. The number of ether oxygens (including phenoxy) is 2. The first-order valence-electron chi connectivity index (χ1n) is 9.65. The Balaban J connectivity index is 1.62. The van der Waals surface area contributed by atoms with Crippen molar-refractivity contribution in [3.63, 3.8) is 0 Å². The molecule has 0 saturated carbocycles. The number of carbonyl (C=O) groups is 2. The summed E-state index contributed by atoms with van der Waals surface area (Å²) in [7, 11) is 0. The van der Waals surface area contributed by atoms with Crippen molar-refractivity contribution in [2.45, 2.75) is 13.2 Å². The first-order valence-corrected chi connectivity index (χ1v) is 9.65. The molecule has 0 aliphatic carbocycles. The van der Waals surface area contributed by atoms with Crippen LogP contribution in [0.4, 0.5) is 0 Å². The highest BCUT2D eigenvalue weighted by molar-refractivity contribution is 5.87. The minimum atomic E-state index is -0.776. The van der Waals surface area contributed by atoms with E-state index in [2.05, 4.69) is 0 Å². The molecule has 0 unspecified atom stereocenters. The number of benzene rings is 2. The van der Waals surface area contributed by atoms with E-state index in [9.17, 15) is 19.5 Å². The van der Waals surface area contributed by atoms with Crippen LogP contribution in [0, 0.1) is 0 Å². The highest BCUT2D eigenvalue weighted by Crippen LogP contribution is 2.14. The van der Waals surface area contributed by atoms with Gasteiger partial charge >= 0.3 is 11.9 Å². The van der Waals surface area contributed by atoms with Crippen LogP contribution in [0.25, 0.3) is 12.2 Å². The molecule has 32 heavy (non-hydrogen) atoms. The van der Waals surface area contributed by atoms with Gasteiger partial charge < -0.3 is 19.0 Å². The second-order valence-corrected chi connectivity index (χ2v) is 6.56. The summed E-state index contributed by atoms with van der Waals surface area (Å²) >= 11 is 0. The molecule has 1 aromatic heterocycles. The van der Waals surface area contributed by atoms with Crippen LogP contribution < -0.4 is 5.43 Å². The molecule has 0 spiro atoms. The molecule has 0 aliphatic rings. The molecular weight excluding hydrogens is 412 g/mol. The van der Waals surface area contributed by atoms with Crippen molar-refractivity contribution in [3.8, 4) is 5.75 Å². The van der Waals surface area contributed by atoms with Gasteiger partial charge in [0.2, 0.25) is 5.43 Å². The van der Waals surface area contributed by atoms with Gasteiger partial charge in [-0.25, -0.2) is 9.59 Å². The molecule has 0 atom stereocenters. The van der Waals surface area contributed by atoms with Crippen molar-refractivity contribution in [3.05, 3.63) is 112 Å². The molecule has 162 valence electrons. The second-order valence-electron chi connectivity index (χ2n) is 6.56. The van der Waals surface area contributed by atoms with Crippen LogP contribution >= 0.6 is 0 Å². The van der Waals surface area contributed by atoms with Crippen LogP contribution in [0.1, 0.15) is 22.5 Å². The summed E-state index contributed by atoms with van der Waals surface area (Å²) in [6, 6.07) is 18.3. The van der Waals surface area contributed by atoms with E-state index in [1.807, 2.05) is 60.7 Å². The van der Waals surface area contributed by atoms with Gasteiger partial charge in [-0.2, -0.15) is 0 Å². The summed E-state index contributed by atoms with van der Waals surface area (Å²) in [5.41, 5.74) is 0.725. The van der Waals surface area contributed by atoms with E-state index in [1.54, 1.807) is 12.2 Å². The van der Waals surface area contributed by atoms with E-state index in [4.69, 9.17) is 13.9 Å². The van der Waals surface area contributed by atoms with Crippen molar-refractivity contribution in [1.29, 1.82) is 0 Å². The van der Waals surface area contributed by atoms with Crippen LogP contribution in [0.15, 0.2) is 88.3 Å². The highest BCUT2D eigenvalue weighted by Gasteiger charge is 2.16. The molecule has 0 aliphatic heterocycles. The number of rotatable bonds is 8. The first-order chi connectivity index (χ1) is 15.5. The summed E-state index contributed by atoms with van der Waals surface area (Å²) < 4.78 is 15.4. The Morgan fingerprint density at radius 3 is 1.84 bits per heavy atom. The Bertz CT molecular complexity index is 1180. The molecule has 0 saturated heterocycles. The number of esters is 2. The Labute approximate surface area is 183 Å². The van der Waals surface area contributed by atoms with Gasteiger partial charge in [0, 0.05) is 12.2 Å². The number of aromatic hydroxyl groups is 1. The molecule has 0 radical (unpaired) electrons. The molecular formula is C25H20O7. The lowest BCUT2D eigenvalue weighted by Gasteiger charge is -2.08. The summed E-state index contributed by atoms with van der Waals surface area (Å²) in [5, 5.41) is 9.65. The van der Waals surface area contributed by atoms with Gasteiger partial charge in [0.05, 0.1) is 5.56 Å². The van der Waals surface area contributed by atoms with Crippen LogP contribution in [-0.4, -0.2) is 17.0 Å². The predicted octanol–water partition coefficient (Wildman–Crippen LogP) is 3.86. The van der Waals surface area contributed by atoms with Gasteiger partial charge in [0.25, 0.3) is 0 Å². The number of hydrogen-bond donors (Lipinski definition) is 1. The van der Waals surface area contributed by atoms with Gasteiger partial charge in [-0.15, -0.1) is 0 Å². The second kappa shape index (κ2) is 11.1. The maximum atomic E-state index is 12.3. The van der Waals surface area contributed by atoms with E-state index >= 15 is 0 Å². The molecule has 2 aromatic carbocycles. The smallest absolute Gasteiger partial charge is 0.331 e. The fourth-order valence-corrected chi connectivity index (χ4v) is 2.63. The quantitative estimate of drug-likeness (QED) is 0.426. The first kappa shape index (κ1) is 22.3. The van der Waals surface area contributed by atoms with E-state index in [0.29, 0.717) is 0 Å². The summed E-state index contributed by atoms with van der Waals surface area (Å²) in [4.78, 5) is 36.2. The van der Waals surface area contributed by atoms with E-state index in [-0.39, 0.29) is 17.9 Å². The molecule has 1 heterocycles. The lowest BCUT2D eigenvalue weighted by Crippen LogP contribution is -2.16. The number of hydrogen-bond acceptors (Lipinski definition) is 7. The van der Waals surface area contributed by atoms with Crippen molar-refractivity contribution in [2.24, 2.45) is 0 Å². The molecule has 7 heteroatoms. The van der Waals surface area contributed by atoms with Gasteiger partial charge in [0.15, 0.2) is 11.5 Å². The normalized spacial score (nSPS) is 11.0. The third-order valence-corrected chi connectivity index (χ3v) is 4.28. The Morgan fingerprint density at radius 2 is 1.31 bits per heavy atom. The zero-order valence-electron chi connectivity index (χ0n) is 17.0. The average Bonchev–Trinajstić information content (AvgIpc) is 2.82. The van der Waals surface area contributed by atoms with Crippen molar-refractivity contribution in [1.82, 2.24) is 0 Å². The lowest BCUT2D eigenvalue weighted by atomic mass is 10.2. The van der Waals surface area contributed by atoms with Crippen LogP contribution in [0.3, 0.4) is 0 Å². The third-order valence-electron chi connectivity index (χ3n) is 4.28. The van der Waals surface area contributed by atoms with E-state index in [0.717, 1.165) is 17.4 Å². The Kier molecular flexibility index (Phi) is 7.75. The molecule has 1 N–H and O–H groups in total. The Morgan fingerprint density at radius 1 is 0.812 bits per heavy atom. The molecule has 0 amide bonds. The van der Waals surface area contributed by atoms with Gasteiger partial charge in [-0.05, 0) is 23.3 Å². The van der Waals surface area contributed by atoms with Crippen LogP contribution in [0.2, 0.25) is 0 Å². The summed E-state index contributed by atoms with van der Waals surface area (Å²) in [6.45, 7) is -0.832. The van der Waals surface area contributed by atoms with Gasteiger partial charge in [-0.1, -0.05) is 60.7 Å². The molecule has 0 bridgehead atoms. The molecule has 3 rings (SSSR count). The van der Waals surface area contributed by atoms with Crippen LogP contribution in [-0.2, 0) is 32.3 Å². The molecule has 7 nitrogen and oxygen atoms in total. The van der Waals surface area contributed by atoms with Crippen LogP contribution in [0.5, 0.6) is 5.75 Å². The van der Waals surface area contributed by atoms with Crippen molar-refractivity contribution < 1.29 is 28.6 Å². The van der Waals surface area contributed by atoms with Crippen molar-refractivity contribution in [2.75, 3.05) is 0 Å². The van der Waals surface area contributed by atoms with E-state index < -0.39 is 29.7 Å². The Hall–Kier alpha value is -4.39. The predicted molar refractivity (Wildman–Crippen MR) is 117 cm³/mol. The lowest BCUT2D eigenvalue weighted by molar-refractivity contribution is -0.141. The standard InChI is InChI=1S/C25H20O7/c26-21-16-30-22(17-32-24(28)14-12-19-9-5-2-6-10-19)20(25(21)29)15-31-23(27)13-11-18-7-3-1-4-8-18/h1-14,16,26H,15,17H2. The summed E-state index contributed by atoms with van der Waals surface area (Å²) in [5.74, 6) is -2.02. The summed E-state index contributed by atoms with van der Waals surface area (Å²) in [6.07, 6.45) is 6.44. The van der Waals surface area contributed by atoms with Crippen molar-refractivity contribution >= 4 is 24.1 Å². The largest absolute Gasteiger partial charge is 0.502 e. The fourth-order valence-electron chi connectivity index (χ4n) is 2.63. The van der Waals surface area contributed by atoms with E-state index in [1.165, 1.54) is 12.2 Å². The average molecular weight is 432 g/mol. The molecule has 3 aromatic rings. The zero-order valence-corrected chi connectivity index (χ0v) is 17.0. The van der Waals surface area contributed by atoms with Gasteiger partial charge in [-0.3, -0.25) is 4.79 Å². The zero-order chi connectivity index (χ0) is 22.8. The fraction of sp³-hybridized carbons (Fsp3) is 0.0800. The topological polar surface area (TPSA) is 103 Å². The maximum absolute atomic E-state index is 12.3. The minimum absolute atomic E-state index is 0.0332. The minimum Gasteiger partial charge on any atom is -0.502 e. The highest BCUT2D eigenvalue weighted by atomic mass is 16.5. The number of carbonyl (C=O) groups excluding carboxylic acids is 2. The third kappa shape index (κ3) is 6.56. The monoisotopic (exact) mass is 432 g/mol. The molecule has 0 fully saturated rings.